The summed E-state index contributed by atoms with van der Waals surface area (Å²) in [5.41, 5.74) is 2.16. The van der Waals surface area contributed by atoms with E-state index in [9.17, 15) is 0 Å². The van der Waals surface area contributed by atoms with Crippen LogP contribution in [0.3, 0.4) is 0 Å². The number of hydrogen-bond donors (Lipinski definition) is 0. The zero-order valence-corrected chi connectivity index (χ0v) is 13.3. The van der Waals surface area contributed by atoms with Gasteiger partial charge in [0.25, 0.3) is 0 Å². The first-order valence-electron chi connectivity index (χ1n) is 7.32. The minimum atomic E-state index is 0.417. The van der Waals surface area contributed by atoms with Crippen LogP contribution in [0.25, 0.3) is 5.52 Å². The molecule has 2 rings (SSSR count). The zero-order valence-electron chi connectivity index (χ0n) is 12.5. The molecule has 2 aromatic heterocycles. The average molecular weight is 295 g/mol. The molecule has 0 aliphatic carbocycles. The number of unbranched alkanes of at least 4 members (excludes halogenated alkanes) is 1. The molecule has 0 amide bonds. The Labute approximate surface area is 125 Å². The van der Waals surface area contributed by atoms with Gasteiger partial charge in [-0.3, -0.25) is 0 Å². The molecule has 0 bridgehead atoms. The standard InChI is InChI=1S/C15H23ClN4/c1-4-5-8-19(9-6-16)15-14-11-13(12(2)3)18-20(14)10-7-17-15/h7,10-12H,4-6,8-9H2,1-3H3. The number of alkyl halides is 1. The SMILES string of the molecule is CCCCN(CCCl)c1nccn2nc(C(C)C)cc12. The molecule has 0 aliphatic rings. The van der Waals surface area contributed by atoms with Crippen molar-refractivity contribution in [2.75, 3.05) is 23.9 Å². The topological polar surface area (TPSA) is 33.4 Å². The number of hydrogen-bond acceptors (Lipinski definition) is 3. The molecule has 0 saturated carbocycles. The van der Waals surface area contributed by atoms with Gasteiger partial charge < -0.3 is 4.90 Å². The van der Waals surface area contributed by atoms with Crippen molar-refractivity contribution in [3.05, 3.63) is 24.2 Å². The molecule has 0 saturated heterocycles. The van der Waals surface area contributed by atoms with Gasteiger partial charge in [0.2, 0.25) is 0 Å². The van der Waals surface area contributed by atoms with Crippen LogP contribution in [0, 0.1) is 0 Å². The van der Waals surface area contributed by atoms with Crippen LogP contribution in [0.5, 0.6) is 0 Å². The second-order valence-corrected chi connectivity index (χ2v) is 5.71. The Bertz CT molecular complexity index is 550. The monoisotopic (exact) mass is 294 g/mol. The molecule has 0 spiro atoms. The van der Waals surface area contributed by atoms with Crippen LogP contribution < -0.4 is 4.90 Å². The number of rotatable bonds is 7. The minimum absolute atomic E-state index is 0.417. The predicted octanol–water partition coefficient (Wildman–Crippen LogP) is 3.70. The van der Waals surface area contributed by atoms with Gasteiger partial charge >= 0.3 is 0 Å². The third-order valence-corrected chi connectivity index (χ3v) is 3.58. The molecule has 0 fully saturated rings. The molecule has 0 unspecified atom stereocenters. The molecule has 0 aliphatic heterocycles. The number of anilines is 1. The molecular formula is C15H23ClN4. The molecule has 0 N–H and O–H groups in total. The van der Waals surface area contributed by atoms with Gasteiger partial charge in [0.05, 0.1) is 5.69 Å². The molecule has 20 heavy (non-hydrogen) atoms. The normalized spacial score (nSPS) is 11.4. The summed E-state index contributed by atoms with van der Waals surface area (Å²) in [4.78, 5) is 6.82. The Morgan fingerprint density at radius 2 is 2.15 bits per heavy atom. The summed E-state index contributed by atoms with van der Waals surface area (Å²) in [7, 11) is 0. The quantitative estimate of drug-likeness (QED) is 0.730. The van der Waals surface area contributed by atoms with E-state index in [-0.39, 0.29) is 0 Å². The van der Waals surface area contributed by atoms with Crippen molar-refractivity contribution < 1.29 is 0 Å². The highest BCUT2D eigenvalue weighted by Crippen LogP contribution is 2.23. The first-order valence-corrected chi connectivity index (χ1v) is 7.86. The second kappa shape index (κ2) is 6.93. The molecule has 0 aromatic carbocycles. The highest BCUT2D eigenvalue weighted by molar-refractivity contribution is 6.18. The fourth-order valence-electron chi connectivity index (χ4n) is 2.23. The number of fused-ring (bicyclic) bond motifs is 1. The lowest BCUT2D eigenvalue weighted by Crippen LogP contribution is -2.28. The second-order valence-electron chi connectivity index (χ2n) is 5.33. The number of nitrogens with zero attached hydrogens (tertiary/aromatic N) is 4. The van der Waals surface area contributed by atoms with Crippen molar-refractivity contribution in [1.29, 1.82) is 0 Å². The van der Waals surface area contributed by atoms with Crippen molar-refractivity contribution in [2.24, 2.45) is 0 Å². The van der Waals surface area contributed by atoms with E-state index in [2.05, 4.69) is 41.8 Å². The summed E-state index contributed by atoms with van der Waals surface area (Å²) in [5, 5.41) is 4.61. The number of halogens is 1. The van der Waals surface area contributed by atoms with E-state index >= 15 is 0 Å². The van der Waals surface area contributed by atoms with E-state index in [1.165, 1.54) is 6.42 Å². The molecule has 2 aromatic rings. The maximum atomic E-state index is 5.94. The zero-order chi connectivity index (χ0) is 14.5. The third kappa shape index (κ3) is 3.23. The highest BCUT2D eigenvalue weighted by atomic mass is 35.5. The lowest BCUT2D eigenvalue weighted by Gasteiger charge is -2.22. The summed E-state index contributed by atoms with van der Waals surface area (Å²) in [5.74, 6) is 2.01. The van der Waals surface area contributed by atoms with Crippen LogP contribution >= 0.6 is 11.6 Å². The van der Waals surface area contributed by atoms with E-state index in [0.717, 1.165) is 36.5 Å². The summed E-state index contributed by atoms with van der Waals surface area (Å²) >= 11 is 5.94. The van der Waals surface area contributed by atoms with Gasteiger partial charge in [-0.1, -0.05) is 27.2 Å². The van der Waals surface area contributed by atoms with Gasteiger partial charge in [-0.05, 0) is 18.4 Å². The molecule has 0 atom stereocenters. The van der Waals surface area contributed by atoms with Crippen LogP contribution in [0.4, 0.5) is 5.82 Å². The first kappa shape index (κ1) is 15.1. The molecule has 2 heterocycles. The highest BCUT2D eigenvalue weighted by Gasteiger charge is 2.14. The maximum absolute atomic E-state index is 5.94. The summed E-state index contributed by atoms with van der Waals surface area (Å²) in [6.07, 6.45) is 6.03. The Balaban J connectivity index is 2.39. The minimum Gasteiger partial charge on any atom is -0.354 e. The molecule has 110 valence electrons. The predicted molar refractivity (Wildman–Crippen MR) is 84.9 cm³/mol. The smallest absolute Gasteiger partial charge is 0.154 e. The van der Waals surface area contributed by atoms with Gasteiger partial charge in [-0.25, -0.2) is 9.50 Å². The number of aromatic nitrogens is 3. The van der Waals surface area contributed by atoms with Crippen molar-refractivity contribution in [3.63, 3.8) is 0 Å². The van der Waals surface area contributed by atoms with E-state index < -0.39 is 0 Å². The Kier molecular flexibility index (Phi) is 5.24. The van der Waals surface area contributed by atoms with E-state index in [0.29, 0.717) is 11.8 Å². The molecule has 0 radical (unpaired) electrons. The van der Waals surface area contributed by atoms with Crippen molar-refractivity contribution in [1.82, 2.24) is 14.6 Å². The lowest BCUT2D eigenvalue weighted by molar-refractivity contribution is 0.724. The van der Waals surface area contributed by atoms with E-state index in [1.807, 2.05) is 16.9 Å². The lowest BCUT2D eigenvalue weighted by atomic mass is 10.1. The van der Waals surface area contributed by atoms with E-state index in [4.69, 9.17) is 11.6 Å². The fourth-order valence-corrected chi connectivity index (χ4v) is 2.43. The van der Waals surface area contributed by atoms with Gasteiger partial charge in [-0.2, -0.15) is 5.10 Å². The fraction of sp³-hybridized carbons (Fsp3) is 0.600. The van der Waals surface area contributed by atoms with Crippen molar-refractivity contribution >= 4 is 22.9 Å². The summed E-state index contributed by atoms with van der Waals surface area (Å²) in [6.45, 7) is 8.31. The third-order valence-electron chi connectivity index (χ3n) is 3.42. The Hall–Kier alpha value is -1.29. The largest absolute Gasteiger partial charge is 0.354 e. The Morgan fingerprint density at radius 1 is 1.35 bits per heavy atom. The van der Waals surface area contributed by atoms with Gasteiger partial charge in [-0.15, -0.1) is 11.6 Å². The molecule has 5 heteroatoms. The van der Waals surface area contributed by atoms with Crippen LogP contribution in [0.2, 0.25) is 0 Å². The maximum Gasteiger partial charge on any atom is 0.154 e. The van der Waals surface area contributed by atoms with Crippen LogP contribution in [-0.2, 0) is 0 Å². The van der Waals surface area contributed by atoms with Crippen LogP contribution in [-0.4, -0.2) is 33.6 Å². The van der Waals surface area contributed by atoms with Gasteiger partial charge in [0, 0.05) is 31.4 Å². The Morgan fingerprint density at radius 3 is 2.80 bits per heavy atom. The summed E-state index contributed by atoms with van der Waals surface area (Å²) in [6, 6.07) is 2.14. The molecule has 4 nitrogen and oxygen atoms in total. The first-order chi connectivity index (χ1) is 9.67. The van der Waals surface area contributed by atoms with Crippen LogP contribution in [0.15, 0.2) is 18.5 Å². The van der Waals surface area contributed by atoms with Crippen molar-refractivity contribution in [3.8, 4) is 0 Å². The average Bonchev–Trinajstić information content (AvgIpc) is 2.87. The molecular weight excluding hydrogens is 272 g/mol. The summed E-state index contributed by atoms with van der Waals surface area (Å²) < 4.78 is 1.92. The van der Waals surface area contributed by atoms with Gasteiger partial charge in [0.15, 0.2) is 5.82 Å². The van der Waals surface area contributed by atoms with Crippen LogP contribution in [0.1, 0.15) is 45.2 Å². The van der Waals surface area contributed by atoms with Crippen molar-refractivity contribution in [2.45, 2.75) is 39.5 Å². The van der Waals surface area contributed by atoms with Gasteiger partial charge in [0.1, 0.15) is 5.52 Å². The van der Waals surface area contributed by atoms with E-state index in [1.54, 1.807) is 0 Å².